The Hall–Kier alpha value is -1.77. The molecule has 0 fully saturated rings. The largest absolute Gasteiger partial charge is 0.462 e. The molecule has 118 valence electrons. The standard InChI is InChI=1S/C12H11F6NO2/c1-2-21-10(20)11(14,15)9(19)7-5-6(13)3-4-8(7)12(16,17)18/h3-5,9H,2,19H2,1H3/t9-/m0/s1. The molecule has 0 heterocycles. The van der Waals surface area contributed by atoms with E-state index in [4.69, 9.17) is 5.73 Å². The Balaban J connectivity index is 3.32. The summed E-state index contributed by atoms with van der Waals surface area (Å²) < 4.78 is 82.7. The van der Waals surface area contributed by atoms with Gasteiger partial charge in [-0.3, -0.25) is 0 Å². The molecule has 0 aliphatic carbocycles. The van der Waals surface area contributed by atoms with Crippen molar-refractivity contribution in [1.29, 1.82) is 0 Å². The minimum Gasteiger partial charge on any atom is -0.462 e. The predicted octanol–water partition coefficient (Wildman–Crippen LogP) is 3.04. The highest BCUT2D eigenvalue weighted by Crippen LogP contribution is 2.39. The summed E-state index contributed by atoms with van der Waals surface area (Å²) in [5, 5.41) is 0. The summed E-state index contributed by atoms with van der Waals surface area (Å²) in [5.74, 6) is -7.69. The Labute approximate surface area is 115 Å². The Morgan fingerprint density at radius 1 is 1.29 bits per heavy atom. The van der Waals surface area contributed by atoms with Gasteiger partial charge in [-0.2, -0.15) is 22.0 Å². The van der Waals surface area contributed by atoms with Crippen molar-refractivity contribution in [1.82, 2.24) is 0 Å². The van der Waals surface area contributed by atoms with Gasteiger partial charge in [-0.1, -0.05) is 0 Å². The topological polar surface area (TPSA) is 52.3 Å². The first-order chi connectivity index (χ1) is 9.51. The van der Waals surface area contributed by atoms with Crippen molar-refractivity contribution in [2.75, 3.05) is 6.61 Å². The van der Waals surface area contributed by atoms with Crippen LogP contribution in [-0.2, 0) is 15.7 Å². The molecule has 9 heteroatoms. The molecule has 1 aromatic carbocycles. The van der Waals surface area contributed by atoms with Crippen LogP contribution in [0, 0.1) is 5.82 Å². The van der Waals surface area contributed by atoms with Crippen molar-refractivity contribution in [3.05, 3.63) is 35.1 Å². The minimum atomic E-state index is -5.02. The molecule has 0 saturated carbocycles. The van der Waals surface area contributed by atoms with E-state index in [-0.39, 0.29) is 12.1 Å². The summed E-state index contributed by atoms with van der Waals surface area (Å²) in [6.45, 7) is 0.833. The van der Waals surface area contributed by atoms with Crippen molar-refractivity contribution in [2.24, 2.45) is 5.73 Å². The van der Waals surface area contributed by atoms with Gasteiger partial charge in [-0.25, -0.2) is 9.18 Å². The monoisotopic (exact) mass is 315 g/mol. The number of nitrogens with two attached hydrogens (primary N) is 1. The smallest absolute Gasteiger partial charge is 0.416 e. The van der Waals surface area contributed by atoms with E-state index in [2.05, 4.69) is 4.74 Å². The van der Waals surface area contributed by atoms with E-state index in [0.717, 1.165) is 0 Å². The molecule has 2 N–H and O–H groups in total. The first-order valence-corrected chi connectivity index (χ1v) is 5.69. The Kier molecular flexibility index (Phi) is 4.87. The number of ether oxygens (including phenoxy) is 1. The van der Waals surface area contributed by atoms with Crippen LogP contribution < -0.4 is 5.73 Å². The van der Waals surface area contributed by atoms with Gasteiger partial charge in [-0.05, 0) is 30.7 Å². The van der Waals surface area contributed by atoms with E-state index in [0.29, 0.717) is 6.07 Å². The van der Waals surface area contributed by atoms with Gasteiger partial charge in [0.05, 0.1) is 12.2 Å². The third-order valence-corrected chi connectivity index (χ3v) is 2.59. The Bertz CT molecular complexity index is 529. The number of rotatable bonds is 4. The van der Waals surface area contributed by atoms with Crippen molar-refractivity contribution in [2.45, 2.75) is 25.1 Å². The lowest BCUT2D eigenvalue weighted by Crippen LogP contribution is -2.42. The molecular weight excluding hydrogens is 304 g/mol. The second-order valence-electron chi connectivity index (χ2n) is 4.05. The summed E-state index contributed by atoms with van der Waals surface area (Å²) in [4.78, 5) is 11.1. The van der Waals surface area contributed by atoms with Gasteiger partial charge in [0.1, 0.15) is 11.9 Å². The van der Waals surface area contributed by atoms with E-state index in [9.17, 15) is 31.1 Å². The number of benzene rings is 1. The van der Waals surface area contributed by atoms with Gasteiger partial charge >= 0.3 is 18.1 Å². The number of carbonyl (C=O) groups excluding carboxylic acids is 1. The fourth-order valence-corrected chi connectivity index (χ4v) is 1.60. The second-order valence-corrected chi connectivity index (χ2v) is 4.05. The van der Waals surface area contributed by atoms with Crippen LogP contribution in [0.5, 0.6) is 0 Å². The fraction of sp³-hybridized carbons (Fsp3) is 0.417. The van der Waals surface area contributed by atoms with Crippen LogP contribution in [0.2, 0.25) is 0 Å². The number of hydrogen-bond donors (Lipinski definition) is 1. The molecule has 1 rings (SSSR count). The molecule has 0 saturated heterocycles. The van der Waals surface area contributed by atoms with Gasteiger partial charge in [0.15, 0.2) is 0 Å². The molecule has 0 aliphatic heterocycles. The number of halogens is 6. The van der Waals surface area contributed by atoms with Crippen LogP contribution in [-0.4, -0.2) is 18.5 Å². The van der Waals surface area contributed by atoms with Crippen LogP contribution in [0.1, 0.15) is 24.1 Å². The average Bonchev–Trinajstić information content (AvgIpc) is 2.36. The maximum Gasteiger partial charge on any atom is 0.416 e. The molecule has 3 nitrogen and oxygen atoms in total. The van der Waals surface area contributed by atoms with E-state index in [1.165, 1.54) is 6.92 Å². The highest BCUT2D eigenvalue weighted by atomic mass is 19.4. The highest BCUT2D eigenvalue weighted by Gasteiger charge is 2.50. The van der Waals surface area contributed by atoms with Crippen LogP contribution in [0.25, 0.3) is 0 Å². The quantitative estimate of drug-likeness (QED) is 0.686. The summed E-state index contributed by atoms with van der Waals surface area (Å²) in [7, 11) is 0. The normalized spacial score (nSPS) is 13.9. The van der Waals surface area contributed by atoms with Crippen molar-refractivity contribution < 1.29 is 35.9 Å². The van der Waals surface area contributed by atoms with Gasteiger partial charge < -0.3 is 10.5 Å². The molecule has 0 aliphatic rings. The minimum absolute atomic E-state index is 0.223. The number of alkyl halides is 5. The molecule has 21 heavy (non-hydrogen) atoms. The highest BCUT2D eigenvalue weighted by molar-refractivity contribution is 5.79. The SMILES string of the molecule is CCOC(=O)C(F)(F)[C@@H](N)c1cc(F)ccc1C(F)(F)F. The lowest BCUT2D eigenvalue weighted by molar-refractivity contribution is -0.175. The third-order valence-electron chi connectivity index (χ3n) is 2.59. The zero-order chi connectivity index (χ0) is 16.4. The van der Waals surface area contributed by atoms with Crippen molar-refractivity contribution >= 4 is 5.97 Å². The first-order valence-electron chi connectivity index (χ1n) is 5.69. The fourth-order valence-electron chi connectivity index (χ4n) is 1.60. The summed E-state index contributed by atoms with van der Waals surface area (Å²) >= 11 is 0. The molecule has 0 spiro atoms. The van der Waals surface area contributed by atoms with Crippen LogP contribution in [0.3, 0.4) is 0 Å². The van der Waals surface area contributed by atoms with E-state index >= 15 is 0 Å². The van der Waals surface area contributed by atoms with Crippen molar-refractivity contribution in [3.8, 4) is 0 Å². The summed E-state index contributed by atoms with van der Waals surface area (Å²) in [6, 6.07) is -1.72. The van der Waals surface area contributed by atoms with Gasteiger partial charge in [0.2, 0.25) is 0 Å². The van der Waals surface area contributed by atoms with E-state index in [1.807, 2.05) is 0 Å². The summed E-state index contributed by atoms with van der Waals surface area (Å²) in [6.07, 6.45) is -5.02. The number of carbonyl (C=O) groups is 1. The molecular formula is C12H11F6NO2. The maximum absolute atomic E-state index is 13.7. The molecule has 0 radical (unpaired) electrons. The van der Waals surface area contributed by atoms with Crippen LogP contribution in [0.4, 0.5) is 26.3 Å². The zero-order valence-electron chi connectivity index (χ0n) is 10.7. The molecule has 1 atom stereocenters. The molecule has 0 unspecified atom stereocenters. The predicted molar refractivity (Wildman–Crippen MR) is 59.9 cm³/mol. The molecule has 0 bridgehead atoms. The van der Waals surface area contributed by atoms with Gasteiger partial charge in [0, 0.05) is 0 Å². The summed E-state index contributed by atoms with van der Waals surface area (Å²) in [5.41, 5.74) is 2.29. The lowest BCUT2D eigenvalue weighted by Gasteiger charge is -2.24. The lowest BCUT2D eigenvalue weighted by atomic mass is 9.95. The first kappa shape index (κ1) is 17.3. The second kappa shape index (κ2) is 5.92. The average molecular weight is 315 g/mol. The Morgan fingerprint density at radius 2 is 1.86 bits per heavy atom. The zero-order valence-corrected chi connectivity index (χ0v) is 10.7. The molecule has 0 aromatic heterocycles. The molecule has 0 amide bonds. The van der Waals surface area contributed by atoms with Crippen LogP contribution in [0.15, 0.2) is 18.2 Å². The van der Waals surface area contributed by atoms with Gasteiger partial charge in [-0.15, -0.1) is 0 Å². The van der Waals surface area contributed by atoms with E-state index in [1.54, 1.807) is 0 Å². The Morgan fingerprint density at radius 3 is 2.33 bits per heavy atom. The molecule has 1 aromatic rings. The number of esters is 1. The van der Waals surface area contributed by atoms with Crippen LogP contribution >= 0.6 is 0 Å². The number of hydrogen-bond acceptors (Lipinski definition) is 3. The van der Waals surface area contributed by atoms with Gasteiger partial charge in [0.25, 0.3) is 0 Å². The van der Waals surface area contributed by atoms with E-state index < -0.39 is 47.7 Å². The third kappa shape index (κ3) is 3.66. The van der Waals surface area contributed by atoms with Crippen molar-refractivity contribution in [3.63, 3.8) is 0 Å². The maximum atomic E-state index is 13.7.